The Bertz CT molecular complexity index is 697. The summed E-state index contributed by atoms with van der Waals surface area (Å²) in [6, 6.07) is 6.73. The van der Waals surface area contributed by atoms with Crippen molar-refractivity contribution in [3.05, 3.63) is 28.7 Å². The number of carbonyl (C=O) groups excluding carboxylic acids is 1. The summed E-state index contributed by atoms with van der Waals surface area (Å²) < 4.78 is 31.3. The van der Waals surface area contributed by atoms with E-state index in [1.165, 1.54) is 0 Å². The Morgan fingerprint density at radius 2 is 2.08 bits per heavy atom. The summed E-state index contributed by atoms with van der Waals surface area (Å²) >= 11 is 3.30. The number of nitrogens with zero attached hydrogens (tertiary/aromatic N) is 1. The molecule has 0 radical (unpaired) electrons. The molecule has 0 aromatic heterocycles. The predicted molar refractivity (Wildman–Crippen MR) is 96.7 cm³/mol. The normalized spacial score (nSPS) is 19.2. The highest BCUT2D eigenvalue weighted by Crippen LogP contribution is 2.24. The van der Waals surface area contributed by atoms with E-state index in [9.17, 15) is 13.2 Å². The van der Waals surface area contributed by atoms with Crippen LogP contribution in [0.2, 0.25) is 0 Å². The molecule has 1 amide bonds. The van der Waals surface area contributed by atoms with E-state index < -0.39 is 15.4 Å². The van der Waals surface area contributed by atoms with Crippen molar-refractivity contribution in [2.45, 2.75) is 44.1 Å². The standard InChI is InChI=1S/C17H24BrNO4S/c1-17(2,3)23-16(20)19-9-5-6-13(11-19)12-24(21,22)15-8-4-7-14(18)10-15/h4,7-8,10,13H,5-6,9,11-12H2,1-3H3/t13-/m1/s1. The highest BCUT2D eigenvalue weighted by atomic mass is 79.9. The van der Waals surface area contributed by atoms with Crippen LogP contribution in [-0.4, -0.2) is 43.9 Å². The highest BCUT2D eigenvalue weighted by molar-refractivity contribution is 9.10. The largest absolute Gasteiger partial charge is 0.444 e. The van der Waals surface area contributed by atoms with Crippen LogP contribution in [0.4, 0.5) is 4.79 Å². The zero-order valence-electron chi connectivity index (χ0n) is 14.3. The van der Waals surface area contributed by atoms with Crippen LogP contribution < -0.4 is 0 Å². The van der Waals surface area contributed by atoms with Gasteiger partial charge in [0.1, 0.15) is 5.60 Å². The lowest BCUT2D eigenvalue weighted by atomic mass is 10.0. The van der Waals surface area contributed by atoms with E-state index in [4.69, 9.17) is 4.74 Å². The number of rotatable bonds is 3. The van der Waals surface area contributed by atoms with Crippen molar-refractivity contribution in [1.29, 1.82) is 0 Å². The minimum absolute atomic E-state index is 0.0444. The quantitative estimate of drug-likeness (QED) is 0.748. The van der Waals surface area contributed by atoms with E-state index in [1.54, 1.807) is 29.2 Å². The van der Waals surface area contributed by atoms with E-state index >= 15 is 0 Å². The van der Waals surface area contributed by atoms with Gasteiger partial charge in [-0.15, -0.1) is 0 Å². The summed E-state index contributed by atoms with van der Waals surface area (Å²) in [5, 5.41) is 0. The summed E-state index contributed by atoms with van der Waals surface area (Å²) in [5.41, 5.74) is -0.549. The zero-order valence-corrected chi connectivity index (χ0v) is 16.7. The van der Waals surface area contributed by atoms with Gasteiger partial charge in [0.2, 0.25) is 0 Å². The molecule has 7 heteroatoms. The van der Waals surface area contributed by atoms with E-state index in [-0.39, 0.29) is 17.8 Å². The van der Waals surface area contributed by atoms with Crippen molar-refractivity contribution in [2.75, 3.05) is 18.8 Å². The van der Waals surface area contributed by atoms with Crippen LogP contribution in [0.3, 0.4) is 0 Å². The number of benzene rings is 1. The second-order valence-corrected chi connectivity index (χ2v) is 10.1. The minimum Gasteiger partial charge on any atom is -0.444 e. The van der Waals surface area contributed by atoms with Gasteiger partial charge >= 0.3 is 6.09 Å². The molecule has 1 fully saturated rings. The van der Waals surface area contributed by atoms with Crippen molar-refractivity contribution in [1.82, 2.24) is 4.90 Å². The molecular formula is C17H24BrNO4S. The molecule has 1 saturated heterocycles. The predicted octanol–water partition coefficient (Wildman–Crippen LogP) is 3.87. The number of ether oxygens (including phenoxy) is 1. The number of hydrogen-bond acceptors (Lipinski definition) is 4. The molecule has 0 saturated carbocycles. The summed E-state index contributed by atoms with van der Waals surface area (Å²) in [4.78, 5) is 14.1. The van der Waals surface area contributed by atoms with Gasteiger partial charge in [0.05, 0.1) is 10.6 Å². The van der Waals surface area contributed by atoms with E-state index in [0.717, 1.165) is 17.3 Å². The van der Waals surface area contributed by atoms with Gasteiger partial charge in [-0.25, -0.2) is 13.2 Å². The van der Waals surface area contributed by atoms with Crippen LogP contribution >= 0.6 is 15.9 Å². The average Bonchev–Trinajstić information content (AvgIpc) is 2.45. The molecule has 24 heavy (non-hydrogen) atoms. The first-order valence-electron chi connectivity index (χ1n) is 8.03. The summed E-state index contributed by atoms with van der Waals surface area (Å²) in [5.74, 6) is -0.0294. The molecule has 1 aromatic rings. The third-order valence-corrected chi connectivity index (χ3v) is 6.16. The molecule has 0 spiro atoms. The Morgan fingerprint density at radius 3 is 2.71 bits per heavy atom. The minimum atomic E-state index is -3.38. The van der Waals surface area contributed by atoms with Crippen LogP contribution in [0.1, 0.15) is 33.6 Å². The molecule has 0 aliphatic carbocycles. The van der Waals surface area contributed by atoms with E-state index in [1.807, 2.05) is 20.8 Å². The van der Waals surface area contributed by atoms with Crippen LogP contribution in [0.5, 0.6) is 0 Å². The van der Waals surface area contributed by atoms with Crippen LogP contribution in [-0.2, 0) is 14.6 Å². The summed E-state index contributed by atoms with van der Waals surface area (Å²) in [6.07, 6.45) is 1.22. The number of sulfone groups is 1. The first-order chi connectivity index (χ1) is 11.1. The Kier molecular flexibility index (Phi) is 5.96. The average molecular weight is 418 g/mol. The SMILES string of the molecule is CC(C)(C)OC(=O)N1CCC[C@@H](CS(=O)(=O)c2cccc(Br)c2)C1. The highest BCUT2D eigenvalue weighted by Gasteiger charge is 2.30. The van der Waals surface area contributed by atoms with Crippen molar-refractivity contribution in [2.24, 2.45) is 5.92 Å². The Hall–Kier alpha value is -1.08. The topological polar surface area (TPSA) is 63.7 Å². The second-order valence-electron chi connectivity index (χ2n) is 7.17. The number of piperidine rings is 1. The molecule has 0 unspecified atom stereocenters. The lowest BCUT2D eigenvalue weighted by Gasteiger charge is -2.34. The van der Waals surface area contributed by atoms with Crippen LogP contribution in [0.15, 0.2) is 33.6 Å². The molecule has 1 atom stereocenters. The fourth-order valence-corrected chi connectivity index (χ4v) is 4.99. The molecule has 0 N–H and O–H groups in total. The smallest absolute Gasteiger partial charge is 0.410 e. The van der Waals surface area contributed by atoms with Gasteiger partial charge in [0.15, 0.2) is 9.84 Å². The third-order valence-electron chi connectivity index (χ3n) is 3.78. The number of likely N-dealkylation sites (tertiary alicyclic amines) is 1. The van der Waals surface area contributed by atoms with Crippen LogP contribution in [0.25, 0.3) is 0 Å². The van der Waals surface area contributed by atoms with Gasteiger partial charge in [-0.05, 0) is 57.7 Å². The molecule has 0 bridgehead atoms. The molecule has 1 aromatic carbocycles. The van der Waals surface area contributed by atoms with Gasteiger partial charge in [-0.2, -0.15) is 0 Å². The molecule has 1 aliphatic rings. The van der Waals surface area contributed by atoms with Gasteiger partial charge in [-0.3, -0.25) is 0 Å². The number of carbonyl (C=O) groups is 1. The van der Waals surface area contributed by atoms with Crippen molar-refractivity contribution in [3.63, 3.8) is 0 Å². The lowest BCUT2D eigenvalue weighted by molar-refractivity contribution is 0.0176. The molecule has 1 heterocycles. The van der Waals surface area contributed by atoms with Gasteiger partial charge < -0.3 is 9.64 Å². The lowest BCUT2D eigenvalue weighted by Crippen LogP contribution is -2.44. The maximum atomic E-state index is 12.6. The van der Waals surface area contributed by atoms with Crippen LogP contribution in [0, 0.1) is 5.92 Å². The van der Waals surface area contributed by atoms with Gasteiger partial charge in [0.25, 0.3) is 0 Å². The number of amides is 1. The van der Waals surface area contributed by atoms with Crippen molar-refractivity contribution >= 4 is 31.9 Å². The van der Waals surface area contributed by atoms with Gasteiger partial charge in [-0.1, -0.05) is 22.0 Å². The first-order valence-corrected chi connectivity index (χ1v) is 10.5. The van der Waals surface area contributed by atoms with Crippen molar-refractivity contribution in [3.8, 4) is 0 Å². The van der Waals surface area contributed by atoms with E-state index in [2.05, 4.69) is 15.9 Å². The Balaban J connectivity index is 2.03. The number of halogens is 1. The molecular weight excluding hydrogens is 394 g/mol. The molecule has 5 nitrogen and oxygen atoms in total. The van der Waals surface area contributed by atoms with E-state index in [0.29, 0.717) is 18.0 Å². The monoisotopic (exact) mass is 417 g/mol. The number of hydrogen-bond donors (Lipinski definition) is 0. The second kappa shape index (κ2) is 7.44. The Morgan fingerprint density at radius 1 is 1.38 bits per heavy atom. The summed E-state index contributed by atoms with van der Waals surface area (Å²) in [7, 11) is -3.38. The van der Waals surface area contributed by atoms with Gasteiger partial charge in [0, 0.05) is 17.6 Å². The summed E-state index contributed by atoms with van der Waals surface area (Å²) in [6.45, 7) is 6.50. The maximum Gasteiger partial charge on any atom is 0.410 e. The maximum absolute atomic E-state index is 12.6. The third kappa shape index (κ3) is 5.48. The van der Waals surface area contributed by atoms with Crippen molar-refractivity contribution < 1.29 is 17.9 Å². The molecule has 1 aliphatic heterocycles. The zero-order chi connectivity index (χ0) is 18.0. The Labute approximate surface area is 152 Å². The first kappa shape index (κ1) is 19.2. The molecule has 2 rings (SSSR count). The molecule has 134 valence electrons. The fraction of sp³-hybridized carbons (Fsp3) is 0.588. The fourth-order valence-electron chi connectivity index (χ4n) is 2.76.